The minimum absolute atomic E-state index is 0.0492. The second-order valence-corrected chi connectivity index (χ2v) is 8.13. The number of barbiturate groups is 1. The minimum Gasteiger partial charge on any atom is -0.366 e. The van der Waals surface area contributed by atoms with E-state index in [-0.39, 0.29) is 11.1 Å². The summed E-state index contributed by atoms with van der Waals surface area (Å²) >= 11 is 0. The summed E-state index contributed by atoms with van der Waals surface area (Å²) in [6.45, 7) is 11.9. The molecule has 1 fully saturated rings. The number of hydrogen-bond acceptors (Lipinski definition) is 4. The molecule has 4 amide bonds. The molecule has 2 aliphatic heterocycles. The van der Waals surface area contributed by atoms with Crippen LogP contribution in [0.25, 0.3) is 6.08 Å². The van der Waals surface area contributed by atoms with Crippen molar-refractivity contribution >= 4 is 29.6 Å². The summed E-state index contributed by atoms with van der Waals surface area (Å²) in [5.41, 5.74) is 4.31. The molecule has 1 aromatic rings. The monoisotopic (exact) mass is 369 g/mol. The molecule has 1 saturated heterocycles. The quantitative estimate of drug-likeness (QED) is 0.633. The Morgan fingerprint density at radius 3 is 2.41 bits per heavy atom. The van der Waals surface area contributed by atoms with Gasteiger partial charge in [0, 0.05) is 17.8 Å². The molecule has 6 nitrogen and oxygen atoms in total. The number of carbonyl (C=O) groups is 3. The van der Waals surface area contributed by atoms with Crippen LogP contribution in [0.2, 0.25) is 0 Å². The molecule has 0 saturated carbocycles. The highest BCUT2D eigenvalue weighted by molar-refractivity contribution is 6.31. The third-order valence-electron chi connectivity index (χ3n) is 5.46. The number of fused-ring (bicyclic) bond motifs is 1. The van der Waals surface area contributed by atoms with E-state index >= 15 is 0 Å². The maximum atomic E-state index is 12.0. The van der Waals surface area contributed by atoms with Gasteiger partial charge in [0.05, 0.1) is 0 Å². The summed E-state index contributed by atoms with van der Waals surface area (Å²) in [7, 11) is 0. The lowest BCUT2D eigenvalue weighted by atomic mass is 9.78. The molecule has 1 atom stereocenters. The van der Waals surface area contributed by atoms with Crippen LogP contribution in [0.3, 0.4) is 0 Å². The Balaban J connectivity index is 2.08. The Bertz CT molecular complexity index is 832. The van der Waals surface area contributed by atoms with E-state index in [2.05, 4.69) is 55.4 Å². The second-order valence-electron chi connectivity index (χ2n) is 8.13. The number of nitrogens with one attached hydrogen (secondary N) is 2. The molecule has 27 heavy (non-hydrogen) atoms. The summed E-state index contributed by atoms with van der Waals surface area (Å²) in [5, 5.41) is 4.24. The lowest BCUT2D eigenvalue weighted by molar-refractivity contribution is -0.123. The van der Waals surface area contributed by atoms with Gasteiger partial charge in [-0.25, -0.2) is 4.79 Å². The molecule has 0 bridgehead atoms. The van der Waals surface area contributed by atoms with Crippen molar-refractivity contribution in [2.24, 2.45) is 0 Å². The van der Waals surface area contributed by atoms with E-state index in [1.165, 1.54) is 11.3 Å². The Labute approximate surface area is 160 Å². The summed E-state index contributed by atoms with van der Waals surface area (Å²) in [4.78, 5) is 37.8. The van der Waals surface area contributed by atoms with Crippen molar-refractivity contribution in [2.75, 3.05) is 11.4 Å². The Hall–Kier alpha value is -2.63. The number of imide groups is 2. The highest BCUT2D eigenvalue weighted by Gasteiger charge is 2.36. The Kier molecular flexibility index (Phi) is 4.84. The number of carbonyl (C=O) groups excluding carboxylic acids is 3. The van der Waals surface area contributed by atoms with Crippen LogP contribution in [-0.2, 0) is 9.59 Å². The molecule has 0 aromatic heterocycles. The molecule has 1 aromatic carbocycles. The number of benzene rings is 1. The van der Waals surface area contributed by atoms with Crippen LogP contribution >= 0.6 is 0 Å². The van der Waals surface area contributed by atoms with Gasteiger partial charge in [-0.3, -0.25) is 20.2 Å². The fourth-order valence-corrected chi connectivity index (χ4v) is 4.22. The Morgan fingerprint density at radius 1 is 1.19 bits per heavy atom. The number of rotatable bonds is 3. The van der Waals surface area contributed by atoms with Gasteiger partial charge >= 0.3 is 6.03 Å². The zero-order valence-corrected chi connectivity index (χ0v) is 16.6. The van der Waals surface area contributed by atoms with E-state index in [9.17, 15) is 14.4 Å². The van der Waals surface area contributed by atoms with E-state index in [0.29, 0.717) is 5.92 Å². The largest absolute Gasteiger partial charge is 0.366 e. The van der Waals surface area contributed by atoms with E-state index in [1.54, 1.807) is 6.08 Å². The molecule has 6 heteroatoms. The van der Waals surface area contributed by atoms with Crippen LogP contribution in [-0.4, -0.2) is 29.9 Å². The first-order valence-electron chi connectivity index (χ1n) is 9.44. The van der Waals surface area contributed by atoms with Gasteiger partial charge in [-0.05, 0) is 74.4 Å². The lowest BCUT2D eigenvalue weighted by Gasteiger charge is -2.48. The number of hydrogen-bond donors (Lipinski definition) is 2. The van der Waals surface area contributed by atoms with Crippen LogP contribution in [0.5, 0.6) is 0 Å². The lowest BCUT2D eigenvalue weighted by Crippen LogP contribution is -2.51. The first kappa shape index (κ1) is 19.1. The maximum Gasteiger partial charge on any atom is 0.328 e. The highest BCUT2D eigenvalue weighted by Crippen LogP contribution is 2.44. The first-order valence-corrected chi connectivity index (χ1v) is 9.44. The SMILES string of the molecule is CCCN1c2cc(C)c(C=C3C(=O)NC(=O)NC3=O)cc2C(C)CC1(C)C. The fourth-order valence-electron chi connectivity index (χ4n) is 4.22. The Morgan fingerprint density at radius 2 is 1.81 bits per heavy atom. The van der Waals surface area contributed by atoms with E-state index < -0.39 is 17.8 Å². The number of urea groups is 1. The second kappa shape index (κ2) is 6.83. The molecule has 0 aliphatic carbocycles. The van der Waals surface area contributed by atoms with Crippen molar-refractivity contribution in [3.63, 3.8) is 0 Å². The van der Waals surface area contributed by atoms with Crippen molar-refractivity contribution in [3.05, 3.63) is 34.4 Å². The van der Waals surface area contributed by atoms with Crippen LogP contribution in [0.4, 0.5) is 10.5 Å². The van der Waals surface area contributed by atoms with Crippen molar-refractivity contribution in [1.82, 2.24) is 10.6 Å². The number of aryl methyl sites for hydroxylation is 1. The van der Waals surface area contributed by atoms with Crippen LogP contribution in [0.15, 0.2) is 17.7 Å². The minimum atomic E-state index is -0.782. The normalized spacial score (nSPS) is 21.5. The number of amides is 4. The zero-order chi connectivity index (χ0) is 19.9. The molecular weight excluding hydrogens is 342 g/mol. The van der Waals surface area contributed by atoms with Crippen molar-refractivity contribution in [2.45, 2.75) is 58.9 Å². The average Bonchev–Trinajstić information content (AvgIpc) is 2.55. The van der Waals surface area contributed by atoms with Crippen molar-refractivity contribution in [1.29, 1.82) is 0 Å². The van der Waals surface area contributed by atoms with Gasteiger partial charge in [0.25, 0.3) is 11.8 Å². The summed E-state index contributed by atoms with van der Waals surface area (Å²) in [6, 6.07) is 3.45. The average molecular weight is 369 g/mol. The van der Waals surface area contributed by atoms with Gasteiger partial charge in [-0.1, -0.05) is 13.8 Å². The zero-order valence-electron chi connectivity index (χ0n) is 16.6. The van der Waals surface area contributed by atoms with Gasteiger partial charge in [-0.15, -0.1) is 0 Å². The van der Waals surface area contributed by atoms with Crippen LogP contribution < -0.4 is 15.5 Å². The smallest absolute Gasteiger partial charge is 0.328 e. The highest BCUT2D eigenvalue weighted by atomic mass is 16.2. The van der Waals surface area contributed by atoms with Crippen molar-refractivity contribution in [3.8, 4) is 0 Å². The molecule has 1 unspecified atom stereocenters. The fraction of sp³-hybridized carbons (Fsp3) is 0.476. The van der Waals surface area contributed by atoms with Crippen LogP contribution in [0, 0.1) is 6.92 Å². The standard InChI is InChI=1S/C21H27N3O3/c1-6-7-24-17-8-12(2)14(9-15(17)13(3)11-21(24,4)5)10-16-18(25)22-20(27)23-19(16)26/h8-10,13H,6-7,11H2,1-5H3,(H2,22,23,25,26,27). The van der Waals surface area contributed by atoms with Gasteiger partial charge in [0.2, 0.25) is 0 Å². The molecule has 3 rings (SSSR count). The summed E-state index contributed by atoms with van der Waals surface area (Å²) in [5.74, 6) is -0.957. The molecule has 2 aliphatic rings. The van der Waals surface area contributed by atoms with Crippen molar-refractivity contribution < 1.29 is 14.4 Å². The van der Waals surface area contributed by atoms with Gasteiger partial charge < -0.3 is 4.90 Å². The third-order valence-corrected chi connectivity index (χ3v) is 5.46. The van der Waals surface area contributed by atoms with E-state index in [4.69, 9.17) is 0 Å². The molecule has 144 valence electrons. The predicted octanol–water partition coefficient (Wildman–Crippen LogP) is 3.25. The predicted molar refractivity (Wildman–Crippen MR) is 106 cm³/mol. The molecule has 0 radical (unpaired) electrons. The van der Waals surface area contributed by atoms with Gasteiger partial charge in [0.1, 0.15) is 5.57 Å². The molecule has 2 N–H and O–H groups in total. The van der Waals surface area contributed by atoms with Gasteiger partial charge in [0.15, 0.2) is 0 Å². The van der Waals surface area contributed by atoms with E-state index in [0.717, 1.165) is 30.5 Å². The number of nitrogens with zero attached hydrogens (tertiary/aromatic N) is 1. The topological polar surface area (TPSA) is 78.5 Å². The summed E-state index contributed by atoms with van der Waals surface area (Å²) < 4.78 is 0. The third kappa shape index (κ3) is 3.48. The van der Waals surface area contributed by atoms with E-state index in [1.807, 2.05) is 6.92 Å². The van der Waals surface area contributed by atoms with Crippen LogP contribution in [0.1, 0.15) is 63.1 Å². The van der Waals surface area contributed by atoms with Gasteiger partial charge in [-0.2, -0.15) is 0 Å². The summed E-state index contributed by atoms with van der Waals surface area (Å²) in [6.07, 6.45) is 3.67. The number of anilines is 1. The molecule has 2 heterocycles. The maximum absolute atomic E-state index is 12.0. The molecular formula is C21H27N3O3. The molecule has 0 spiro atoms. The first-order chi connectivity index (χ1) is 12.6.